The fourth-order valence-electron chi connectivity index (χ4n) is 2.59. The van der Waals surface area contributed by atoms with Crippen molar-refractivity contribution in [2.24, 2.45) is 7.05 Å². The van der Waals surface area contributed by atoms with E-state index in [1.807, 2.05) is 11.6 Å². The number of rotatable bonds is 6. The highest BCUT2D eigenvalue weighted by Crippen LogP contribution is 2.25. The predicted octanol–water partition coefficient (Wildman–Crippen LogP) is 1.27. The second-order valence-corrected chi connectivity index (χ2v) is 7.72. The number of anilines is 1. The molecule has 0 bridgehead atoms. The largest absolute Gasteiger partial charge is 0.370 e. The summed E-state index contributed by atoms with van der Waals surface area (Å²) in [5.41, 5.74) is 0.611. The van der Waals surface area contributed by atoms with E-state index in [1.54, 1.807) is 18.2 Å². The number of quaternary nitrogens is 1. The van der Waals surface area contributed by atoms with Gasteiger partial charge in [-0.25, -0.2) is 0 Å². The third kappa shape index (κ3) is 5.11. The molecule has 0 atom stereocenters. The monoisotopic (exact) mass is 416 g/mol. The molecule has 1 saturated heterocycles. The van der Waals surface area contributed by atoms with Crippen LogP contribution in [0.5, 0.6) is 0 Å². The summed E-state index contributed by atoms with van der Waals surface area (Å²) in [6.07, 6.45) is 0. The van der Waals surface area contributed by atoms with Gasteiger partial charge in [0.15, 0.2) is 11.0 Å². The zero-order valence-electron chi connectivity index (χ0n) is 14.3. The van der Waals surface area contributed by atoms with Crippen LogP contribution in [0.3, 0.4) is 0 Å². The van der Waals surface area contributed by atoms with E-state index in [2.05, 4.69) is 15.5 Å². The van der Waals surface area contributed by atoms with Gasteiger partial charge in [-0.05, 0) is 18.2 Å². The van der Waals surface area contributed by atoms with Crippen molar-refractivity contribution in [2.75, 3.05) is 37.4 Å². The lowest BCUT2D eigenvalue weighted by molar-refractivity contribution is -0.922. The lowest BCUT2D eigenvalue weighted by Gasteiger charge is -2.23. The summed E-state index contributed by atoms with van der Waals surface area (Å²) >= 11 is 13.2. The third-order valence-corrected chi connectivity index (χ3v) is 5.83. The molecular formula is C16H20Cl2N5O2S+. The van der Waals surface area contributed by atoms with E-state index in [-0.39, 0.29) is 11.7 Å². The second-order valence-electron chi connectivity index (χ2n) is 5.96. The normalized spacial score (nSPS) is 15.2. The maximum atomic E-state index is 12.1. The molecule has 26 heavy (non-hydrogen) atoms. The minimum absolute atomic E-state index is 0.142. The van der Waals surface area contributed by atoms with E-state index >= 15 is 0 Å². The number of aromatic nitrogens is 3. The van der Waals surface area contributed by atoms with Crippen LogP contribution < -0.4 is 10.2 Å². The SMILES string of the molecule is Cn1c(C[NH+]2CCOCC2)nnc1SCC(=O)Nc1ccc(Cl)c(Cl)c1. The Morgan fingerprint density at radius 1 is 1.31 bits per heavy atom. The smallest absolute Gasteiger partial charge is 0.234 e. The van der Waals surface area contributed by atoms with Crippen molar-refractivity contribution in [1.82, 2.24) is 14.8 Å². The highest BCUT2D eigenvalue weighted by molar-refractivity contribution is 7.99. The number of halogens is 2. The number of carbonyl (C=O) groups excluding carboxylic acids is 1. The molecule has 0 spiro atoms. The van der Waals surface area contributed by atoms with Gasteiger partial charge in [-0.2, -0.15) is 0 Å². The predicted molar refractivity (Wildman–Crippen MR) is 102 cm³/mol. The minimum Gasteiger partial charge on any atom is -0.370 e. The lowest BCUT2D eigenvalue weighted by Crippen LogP contribution is -3.12. The molecule has 0 radical (unpaired) electrons. The molecular weight excluding hydrogens is 397 g/mol. The molecule has 0 unspecified atom stereocenters. The molecule has 7 nitrogen and oxygen atoms in total. The number of nitrogens with one attached hydrogen (secondary N) is 2. The molecule has 3 rings (SSSR count). The summed E-state index contributed by atoms with van der Waals surface area (Å²) in [4.78, 5) is 13.6. The van der Waals surface area contributed by atoms with Crippen molar-refractivity contribution in [1.29, 1.82) is 0 Å². The van der Waals surface area contributed by atoms with Crippen LogP contribution in [0.25, 0.3) is 0 Å². The Morgan fingerprint density at radius 3 is 2.81 bits per heavy atom. The van der Waals surface area contributed by atoms with E-state index in [0.29, 0.717) is 15.7 Å². The molecule has 1 aliphatic heterocycles. The first-order valence-corrected chi connectivity index (χ1v) is 9.94. The van der Waals surface area contributed by atoms with Crippen LogP contribution in [-0.4, -0.2) is 52.7 Å². The summed E-state index contributed by atoms with van der Waals surface area (Å²) in [5, 5.41) is 12.8. The summed E-state index contributed by atoms with van der Waals surface area (Å²) < 4.78 is 7.32. The Balaban J connectivity index is 1.52. The highest BCUT2D eigenvalue weighted by atomic mass is 35.5. The van der Waals surface area contributed by atoms with Crippen LogP contribution in [0.2, 0.25) is 10.0 Å². The molecule has 10 heteroatoms. The molecule has 0 saturated carbocycles. The summed E-state index contributed by atoms with van der Waals surface area (Å²) in [6.45, 7) is 4.32. The van der Waals surface area contributed by atoms with Crippen molar-refractivity contribution in [2.45, 2.75) is 11.7 Å². The fourth-order valence-corrected chi connectivity index (χ4v) is 3.61. The van der Waals surface area contributed by atoms with Crippen LogP contribution >= 0.6 is 35.0 Å². The average molecular weight is 417 g/mol. The number of carbonyl (C=O) groups is 1. The van der Waals surface area contributed by atoms with Crippen LogP contribution in [0.1, 0.15) is 5.82 Å². The lowest BCUT2D eigenvalue weighted by atomic mass is 10.3. The Bertz CT molecular complexity index is 780. The van der Waals surface area contributed by atoms with Crippen molar-refractivity contribution < 1.29 is 14.4 Å². The first kappa shape index (κ1) is 19.4. The van der Waals surface area contributed by atoms with Crippen LogP contribution in [-0.2, 0) is 23.1 Å². The fraction of sp³-hybridized carbons (Fsp3) is 0.438. The van der Waals surface area contributed by atoms with E-state index in [9.17, 15) is 4.79 Å². The van der Waals surface area contributed by atoms with E-state index in [4.69, 9.17) is 27.9 Å². The van der Waals surface area contributed by atoms with Gasteiger partial charge in [0, 0.05) is 12.7 Å². The van der Waals surface area contributed by atoms with E-state index in [1.165, 1.54) is 16.7 Å². The van der Waals surface area contributed by atoms with Crippen molar-refractivity contribution in [3.05, 3.63) is 34.1 Å². The number of hydrogen-bond acceptors (Lipinski definition) is 5. The number of thioether (sulfide) groups is 1. The van der Waals surface area contributed by atoms with Gasteiger partial charge in [0.25, 0.3) is 0 Å². The molecule has 1 aliphatic rings. The first-order valence-electron chi connectivity index (χ1n) is 8.20. The summed E-state index contributed by atoms with van der Waals surface area (Å²) in [5.74, 6) is 1.00. The van der Waals surface area contributed by atoms with Crippen LogP contribution in [0.4, 0.5) is 5.69 Å². The highest BCUT2D eigenvalue weighted by Gasteiger charge is 2.19. The maximum absolute atomic E-state index is 12.1. The Morgan fingerprint density at radius 2 is 2.08 bits per heavy atom. The van der Waals surface area contributed by atoms with Gasteiger partial charge in [0.05, 0.1) is 29.0 Å². The van der Waals surface area contributed by atoms with Gasteiger partial charge in [-0.3, -0.25) is 4.79 Å². The molecule has 2 heterocycles. The van der Waals surface area contributed by atoms with Gasteiger partial charge in [0.1, 0.15) is 19.6 Å². The van der Waals surface area contributed by atoms with Crippen molar-refractivity contribution in [3.63, 3.8) is 0 Å². The number of morpholine rings is 1. The Kier molecular flexibility index (Phi) is 6.77. The maximum Gasteiger partial charge on any atom is 0.234 e. The van der Waals surface area contributed by atoms with Gasteiger partial charge >= 0.3 is 0 Å². The topological polar surface area (TPSA) is 73.5 Å². The number of ether oxygens (including phenoxy) is 1. The summed E-state index contributed by atoms with van der Waals surface area (Å²) in [7, 11) is 1.93. The van der Waals surface area contributed by atoms with Crippen molar-refractivity contribution in [3.8, 4) is 0 Å². The number of hydrogen-bond donors (Lipinski definition) is 2. The molecule has 1 aromatic carbocycles. The number of nitrogens with zero attached hydrogens (tertiary/aromatic N) is 3. The number of benzene rings is 1. The standard InChI is InChI=1S/C16H19Cl2N5O2S/c1-22-14(9-23-4-6-25-7-5-23)20-21-16(22)26-10-15(24)19-11-2-3-12(17)13(18)8-11/h2-3,8H,4-7,9-10H2,1H3,(H,19,24)/p+1. The zero-order valence-corrected chi connectivity index (χ0v) is 16.6. The molecule has 1 fully saturated rings. The van der Waals surface area contributed by atoms with E-state index in [0.717, 1.165) is 43.8 Å². The molecule has 1 amide bonds. The van der Waals surface area contributed by atoms with Gasteiger partial charge < -0.3 is 19.5 Å². The first-order chi connectivity index (χ1) is 12.5. The molecule has 0 aliphatic carbocycles. The minimum atomic E-state index is -0.142. The zero-order chi connectivity index (χ0) is 18.5. The van der Waals surface area contributed by atoms with E-state index < -0.39 is 0 Å². The molecule has 1 aromatic heterocycles. The second kappa shape index (κ2) is 9.05. The Hall–Kier alpha value is -1.32. The van der Waals surface area contributed by atoms with Gasteiger partial charge in [-0.1, -0.05) is 35.0 Å². The number of amides is 1. The average Bonchev–Trinajstić information content (AvgIpc) is 2.97. The Labute approximate surface area is 166 Å². The molecule has 2 N–H and O–H groups in total. The van der Waals surface area contributed by atoms with Gasteiger partial charge in [-0.15, -0.1) is 10.2 Å². The molecule has 140 valence electrons. The third-order valence-electron chi connectivity index (χ3n) is 4.07. The quantitative estimate of drug-likeness (QED) is 0.693. The van der Waals surface area contributed by atoms with Gasteiger partial charge in [0.2, 0.25) is 5.91 Å². The summed E-state index contributed by atoms with van der Waals surface area (Å²) in [6, 6.07) is 4.98. The van der Waals surface area contributed by atoms with Crippen LogP contribution in [0.15, 0.2) is 23.4 Å². The molecule has 2 aromatic rings. The van der Waals surface area contributed by atoms with Crippen LogP contribution in [0, 0.1) is 0 Å². The van der Waals surface area contributed by atoms with Crippen molar-refractivity contribution >= 4 is 46.6 Å².